The minimum atomic E-state index is -0.404. The van der Waals surface area contributed by atoms with Gasteiger partial charge in [0.2, 0.25) is 0 Å². The van der Waals surface area contributed by atoms with Crippen LogP contribution in [0.25, 0.3) is 16.9 Å². The molecule has 3 rings (SSSR count). The molecule has 0 unspecified atom stereocenters. The van der Waals surface area contributed by atoms with Crippen molar-refractivity contribution in [2.45, 2.75) is 0 Å². The number of halogens is 1. The smallest absolute Gasteiger partial charge is 0.254 e. The molecule has 0 amide bonds. The van der Waals surface area contributed by atoms with Gasteiger partial charge in [0.15, 0.2) is 11.6 Å². The van der Waals surface area contributed by atoms with E-state index in [-0.39, 0.29) is 5.75 Å². The summed E-state index contributed by atoms with van der Waals surface area (Å²) in [5.41, 5.74) is 1.50. The van der Waals surface area contributed by atoms with Gasteiger partial charge in [-0.15, -0.1) is 10.2 Å². The van der Waals surface area contributed by atoms with E-state index in [9.17, 15) is 4.39 Å². The molecule has 2 heterocycles. The van der Waals surface area contributed by atoms with E-state index in [0.717, 1.165) is 11.1 Å². The lowest BCUT2D eigenvalue weighted by molar-refractivity contribution is 0.386. The van der Waals surface area contributed by atoms with Crippen LogP contribution in [0.2, 0.25) is 0 Å². The van der Waals surface area contributed by atoms with E-state index < -0.39 is 5.82 Å². The molecule has 1 aromatic carbocycles. The highest BCUT2D eigenvalue weighted by Crippen LogP contribution is 2.24. The topological polar surface area (TPSA) is 52.3 Å². The fourth-order valence-corrected chi connectivity index (χ4v) is 1.73. The molecular weight excluding hydrogens is 235 g/mol. The van der Waals surface area contributed by atoms with Gasteiger partial charge in [-0.25, -0.2) is 9.37 Å². The quantitative estimate of drug-likeness (QED) is 0.691. The fraction of sp³-hybridized carbons (Fsp3) is 0.0833. The molecule has 3 aromatic rings. The zero-order valence-electron chi connectivity index (χ0n) is 9.54. The SMILES string of the molecule is COc1ccc(-c2cnc3nncn3c2)cc1F. The second-order valence-electron chi connectivity index (χ2n) is 3.73. The molecule has 5 nitrogen and oxygen atoms in total. The van der Waals surface area contributed by atoms with E-state index in [4.69, 9.17) is 4.74 Å². The standard InChI is InChI=1S/C12H9FN4O/c1-18-11-3-2-8(4-10(11)13)9-5-14-12-16-15-7-17(12)6-9/h2-7H,1H3. The molecule has 0 fully saturated rings. The Morgan fingerprint density at radius 1 is 1.28 bits per heavy atom. The van der Waals surface area contributed by atoms with E-state index >= 15 is 0 Å². The zero-order chi connectivity index (χ0) is 12.5. The summed E-state index contributed by atoms with van der Waals surface area (Å²) in [6, 6.07) is 4.77. The first-order valence-electron chi connectivity index (χ1n) is 5.27. The van der Waals surface area contributed by atoms with Gasteiger partial charge < -0.3 is 4.74 Å². The van der Waals surface area contributed by atoms with Gasteiger partial charge in [-0.05, 0) is 17.7 Å². The van der Waals surface area contributed by atoms with Gasteiger partial charge in [0, 0.05) is 18.0 Å². The van der Waals surface area contributed by atoms with Crippen molar-refractivity contribution in [3.8, 4) is 16.9 Å². The molecule has 0 aliphatic rings. The number of ether oxygens (including phenoxy) is 1. The number of benzene rings is 1. The van der Waals surface area contributed by atoms with Gasteiger partial charge in [0.25, 0.3) is 5.78 Å². The van der Waals surface area contributed by atoms with Crippen molar-refractivity contribution in [1.82, 2.24) is 19.6 Å². The first kappa shape index (κ1) is 10.6. The van der Waals surface area contributed by atoms with Crippen LogP contribution in [0.3, 0.4) is 0 Å². The number of nitrogens with zero attached hydrogens (tertiary/aromatic N) is 4. The molecule has 2 aromatic heterocycles. The van der Waals surface area contributed by atoms with Gasteiger partial charge in [-0.2, -0.15) is 0 Å². The van der Waals surface area contributed by atoms with Crippen molar-refractivity contribution in [3.05, 3.63) is 42.7 Å². The Balaban J connectivity index is 2.10. The summed E-state index contributed by atoms with van der Waals surface area (Å²) < 4.78 is 20.2. The fourth-order valence-electron chi connectivity index (χ4n) is 1.73. The van der Waals surface area contributed by atoms with E-state index in [1.807, 2.05) is 0 Å². The minimum Gasteiger partial charge on any atom is -0.494 e. The van der Waals surface area contributed by atoms with Crippen LogP contribution >= 0.6 is 0 Å². The average molecular weight is 244 g/mol. The summed E-state index contributed by atoms with van der Waals surface area (Å²) in [7, 11) is 1.43. The zero-order valence-corrected chi connectivity index (χ0v) is 9.54. The van der Waals surface area contributed by atoms with Crippen LogP contribution in [0, 0.1) is 5.82 Å². The van der Waals surface area contributed by atoms with Crippen LogP contribution in [0.5, 0.6) is 5.75 Å². The number of hydrogen-bond acceptors (Lipinski definition) is 4. The van der Waals surface area contributed by atoms with Gasteiger partial charge in [-0.1, -0.05) is 6.07 Å². The van der Waals surface area contributed by atoms with E-state index in [0.29, 0.717) is 5.78 Å². The van der Waals surface area contributed by atoms with Crippen molar-refractivity contribution >= 4 is 5.78 Å². The average Bonchev–Trinajstić information content (AvgIpc) is 2.85. The molecule has 0 radical (unpaired) electrons. The van der Waals surface area contributed by atoms with Crippen molar-refractivity contribution in [3.63, 3.8) is 0 Å². The van der Waals surface area contributed by atoms with E-state index in [2.05, 4.69) is 15.2 Å². The third kappa shape index (κ3) is 1.67. The largest absolute Gasteiger partial charge is 0.494 e. The molecule has 0 aliphatic carbocycles. The predicted molar refractivity (Wildman–Crippen MR) is 62.7 cm³/mol. The van der Waals surface area contributed by atoms with Crippen molar-refractivity contribution < 1.29 is 9.13 Å². The molecule has 0 spiro atoms. The Bertz CT molecular complexity index is 710. The molecule has 0 saturated carbocycles. The number of methoxy groups -OCH3 is 1. The summed E-state index contributed by atoms with van der Waals surface area (Å²) in [4.78, 5) is 4.13. The first-order valence-corrected chi connectivity index (χ1v) is 5.27. The first-order chi connectivity index (χ1) is 8.78. The number of rotatable bonds is 2. The molecule has 0 saturated heterocycles. The summed E-state index contributed by atoms with van der Waals surface area (Å²) >= 11 is 0. The summed E-state index contributed by atoms with van der Waals surface area (Å²) in [6.07, 6.45) is 4.97. The molecule has 0 N–H and O–H groups in total. The van der Waals surface area contributed by atoms with Crippen LogP contribution in [-0.2, 0) is 0 Å². The van der Waals surface area contributed by atoms with Crippen molar-refractivity contribution in [2.24, 2.45) is 0 Å². The lowest BCUT2D eigenvalue weighted by atomic mass is 10.1. The molecule has 0 aliphatic heterocycles. The highest BCUT2D eigenvalue weighted by atomic mass is 19.1. The maximum atomic E-state index is 13.6. The van der Waals surface area contributed by atoms with Crippen LogP contribution in [0.1, 0.15) is 0 Å². The molecular formula is C12H9FN4O. The van der Waals surface area contributed by atoms with Crippen LogP contribution < -0.4 is 4.74 Å². The lowest BCUT2D eigenvalue weighted by Crippen LogP contribution is -1.92. The highest BCUT2D eigenvalue weighted by molar-refractivity contribution is 5.63. The number of aromatic nitrogens is 4. The van der Waals surface area contributed by atoms with E-state index in [1.165, 1.54) is 13.2 Å². The minimum absolute atomic E-state index is 0.220. The van der Waals surface area contributed by atoms with Crippen LogP contribution in [-0.4, -0.2) is 26.7 Å². The van der Waals surface area contributed by atoms with E-state index in [1.54, 1.807) is 35.3 Å². The van der Waals surface area contributed by atoms with Gasteiger partial charge in [-0.3, -0.25) is 4.40 Å². The third-order valence-electron chi connectivity index (χ3n) is 2.64. The lowest BCUT2D eigenvalue weighted by Gasteiger charge is -2.05. The highest BCUT2D eigenvalue weighted by Gasteiger charge is 2.06. The number of hydrogen-bond donors (Lipinski definition) is 0. The van der Waals surface area contributed by atoms with Gasteiger partial charge in [0.05, 0.1) is 7.11 Å². The maximum Gasteiger partial charge on any atom is 0.254 e. The Morgan fingerprint density at radius 2 is 2.17 bits per heavy atom. The Hall–Kier alpha value is -2.50. The molecule has 0 atom stereocenters. The molecule has 6 heteroatoms. The normalized spacial score (nSPS) is 10.8. The molecule has 0 bridgehead atoms. The molecule has 18 heavy (non-hydrogen) atoms. The second kappa shape index (κ2) is 4.06. The summed E-state index contributed by atoms with van der Waals surface area (Å²) in [5, 5.41) is 7.54. The monoisotopic (exact) mass is 244 g/mol. The summed E-state index contributed by atoms with van der Waals surface area (Å²) in [5.74, 6) is 0.323. The Kier molecular flexibility index (Phi) is 2.40. The predicted octanol–water partition coefficient (Wildman–Crippen LogP) is 1.94. The van der Waals surface area contributed by atoms with Gasteiger partial charge >= 0.3 is 0 Å². The maximum absolute atomic E-state index is 13.6. The summed E-state index contributed by atoms with van der Waals surface area (Å²) in [6.45, 7) is 0. The van der Waals surface area contributed by atoms with Crippen LogP contribution in [0.15, 0.2) is 36.9 Å². The number of fused-ring (bicyclic) bond motifs is 1. The third-order valence-corrected chi connectivity index (χ3v) is 2.64. The Morgan fingerprint density at radius 3 is 2.94 bits per heavy atom. The van der Waals surface area contributed by atoms with Crippen LogP contribution in [0.4, 0.5) is 4.39 Å². The van der Waals surface area contributed by atoms with Crippen molar-refractivity contribution in [1.29, 1.82) is 0 Å². The second-order valence-corrected chi connectivity index (χ2v) is 3.73. The Labute approximate surface area is 102 Å². The van der Waals surface area contributed by atoms with Gasteiger partial charge in [0.1, 0.15) is 6.33 Å². The molecule has 90 valence electrons. The van der Waals surface area contributed by atoms with Crippen molar-refractivity contribution in [2.75, 3.05) is 7.11 Å².